The predicted molar refractivity (Wildman–Crippen MR) is 157 cm³/mol. The molecule has 0 spiro atoms. The van der Waals surface area contributed by atoms with Crippen molar-refractivity contribution in [3.8, 4) is 5.75 Å². The molecule has 1 aromatic heterocycles. The Balaban J connectivity index is 1.81. The SMILES string of the molecule is CCCC1=C(C(=O)OCC)[C@H](c2ccccc2OC)n2c(s/c(=C3/C(=O)N(CC(=O)OCC)c4ccccc43)c2=O)=N1. The third-order valence-corrected chi connectivity index (χ3v) is 8.10. The molecule has 3 aromatic rings. The van der Waals surface area contributed by atoms with Gasteiger partial charge in [-0.3, -0.25) is 23.9 Å². The van der Waals surface area contributed by atoms with Crippen molar-refractivity contribution in [2.75, 3.05) is 31.8 Å². The van der Waals surface area contributed by atoms with Gasteiger partial charge in [-0.1, -0.05) is 61.1 Å². The number of benzene rings is 2. The second-order valence-corrected chi connectivity index (χ2v) is 10.5. The number of anilines is 1. The quantitative estimate of drug-likeness (QED) is 0.353. The molecule has 0 aliphatic carbocycles. The van der Waals surface area contributed by atoms with Gasteiger partial charge in [-0.05, 0) is 32.4 Å². The molecule has 0 unspecified atom stereocenters. The highest BCUT2D eigenvalue weighted by Crippen LogP contribution is 2.38. The van der Waals surface area contributed by atoms with Crippen LogP contribution in [-0.2, 0) is 23.9 Å². The third kappa shape index (κ3) is 4.94. The zero-order valence-corrected chi connectivity index (χ0v) is 24.7. The van der Waals surface area contributed by atoms with E-state index < -0.39 is 29.4 Å². The van der Waals surface area contributed by atoms with Crippen molar-refractivity contribution in [3.05, 3.63) is 90.6 Å². The molecular weight excluding hydrogens is 558 g/mol. The van der Waals surface area contributed by atoms with E-state index in [9.17, 15) is 19.2 Å². The molecule has 1 atom stereocenters. The first-order chi connectivity index (χ1) is 20.4. The molecule has 0 radical (unpaired) electrons. The number of thiazole rings is 1. The maximum absolute atomic E-state index is 14.4. The molecule has 42 heavy (non-hydrogen) atoms. The van der Waals surface area contributed by atoms with Crippen molar-refractivity contribution in [1.82, 2.24) is 4.57 Å². The van der Waals surface area contributed by atoms with Crippen LogP contribution in [0.5, 0.6) is 5.75 Å². The van der Waals surface area contributed by atoms with Crippen molar-refractivity contribution in [3.63, 3.8) is 0 Å². The lowest BCUT2D eigenvalue weighted by Gasteiger charge is -2.26. The number of methoxy groups -OCH3 is 1. The zero-order valence-electron chi connectivity index (χ0n) is 23.8. The van der Waals surface area contributed by atoms with Gasteiger partial charge in [0.15, 0.2) is 4.80 Å². The molecule has 0 N–H and O–H groups in total. The summed E-state index contributed by atoms with van der Waals surface area (Å²) in [6.45, 7) is 5.43. The van der Waals surface area contributed by atoms with Crippen LogP contribution in [0.2, 0.25) is 0 Å². The van der Waals surface area contributed by atoms with Crippen LogP contribution in [0.1, 0.15) is 50.8 Å². The number of para-hydroxylation sites is 2. The summed E-state index contributed by atoms with van der Waals surface area (Å²) in [4.78, 5) is 60.5. The van der Waals surface area contributed by atoms with E-state index in [1.807, 2.05) is 13.0 Å². The number of rotatable bonds is 9. The van der Waals surface area contributed by atoms with Crippen molar-refractivity contribution in [2.24, 2.45) is 4.99 Å². The largest absolute Gasteiger partial charge is 0.496 e. The summed E-state index contributed by atoms with van der Waals surface area (Å²) in [5, 5.41) is 0. The lowest BCUT2D eigenvalue weighted by molar-refractivity contribution is -0.142. The summed E-state index contributed by atoms with van der Waals surface area (Å²) in [6, 6.07) is 13.3. The summed E-state index contributed by atoms with van der Waals surface area (Å²) in [5.41, 5.74) is 2.10. The van der Waals surface area contributed by atoms with Crippen molar-refractivity contribution in [1.29, 1.82) is 0 Å². The summed E-state index contributed by atoms with van der Waals surface area (Å²) in [7, 11) is 1.53. The number of carbonyl (C=O) groups excluding carboxylic acids is 3. The standard InChI is InChI=1S/C31H31N3O7S/c1-5-12-20-25(30(38)41-7-3)26(19-14-9-11-16-22(19)39-4)34-29(37)27(42-31(34)32-20)24-18-13-8-10-15-21(18)33(28(24)36)17-23(35)40-6-2/h8-11,13-16,26H,5-7,12,17H2,1-4H3/b27-24+/t26-/m0/s1. The van der Waals surface area contributed by atoms with Crippen LogP contribution in [0, 0.1) is 0 Å². The van der Waals surface area contributed by atoms with Crippen LogP contribution >= 0.6 is 11.3 Å². The van der Waals surface area contributed by atoms with E-state index in [2.05, 4.69) is 0 Å². The Morgan fingerprint density at radius 3 is 2.40 bits per heavy atom. The second kappa shape index (κ2) is 12.2. The van der Waals surface area contributed by atoms with E-state index >= 15 is 0 Å². The number of nitrogens with zero attached hydrogens (tertiary/aromatic N) is 3. The molecule has 11 heteroatoms. The van der Waals surface area contributed by atoms with Gasteiger partial charge in [0.1, 0.15) is 22.9 Å². The summed E-state index contributed by atoms with van der Waals surface area (Å²) in [6.07, 6.45) is 1.18. The first-order valence-electron chi connectivity index (χ1n) is 13.8. The van der Waals surface area contributed by atoms with Gasteiger partial charge in [0, 0.05) is 11.1 Å². The summed E-state index contributed by atoms with van der Waals surface area (Å²) < 4.78 is 17.8. The fourth-order valence-electron chi connectivity index (χ4n) is 5.35. The Bertz CT molecular complexity index is 1790. The average molecular weight is 590 g/mol. The number of hydrogen-bond acceptors (Lipinski definition) is 9. The molecule has 218 valence electrons. The summed E-state index contributed by atoms with van der Waals surface area (Å²) in [5.74, 6) is -1.12. The minimum Gasteiger partial charge on any atom is -0.496 e. The average Bonchev–Trinajstić information content (AvgIpc) is 3.45. The van der Waals surface area contributed by atoms with Crippen LogP contribution in [0.3, 0.4) is 0 Å². The lowest BCUT2D eigenvalue weighted by Crippen LogP contribution is -2.41. The highest BCUT2D eigenvalue weighted by atomic mass is 32.1. The molecule has 5 rings (SSSR count). The zero-order chi connectivity index (χ0) is 30.0. The van der Waals surface area contributed by atoms with E-state index in [0.29, 0.717) is 45.9 Å². The van der Waals surface area contributed by atoms with Crippen molar-refractivity contribution >= 4 is 40.4 Å². The topological polar surface area (TPSA) is 117 Å². The second-order valence-electron chi connectivity index (χ2n) is 9.56. The Morgan fingerprint density at radius 2 is 1.69 bits per heavy atom. The monoisotopic (exact) mass is 589 g/mol. The van der Waals surface area contributed by atoms with E-state index in [-0.39, 0.29) is 35.4 Å². The number of amides is 1. The van der Waals surface area contributed by atoms with Gasteiger partial charge in [0.05, 0.1) is 42.9 Å². The normalized spacial score (nSPS) is 17.0. The highest BCUT2D eigenvalue weighted by Gasteiger charge is 2.39. The van der Waals surface area contributed by atoms with Crippen molar-refractivity contribution in [2.45, 2.75) is 39.7 Å². The predicted octanol–water partition coefficient (Wildman–Crippen LogP) is 2.87. The van der Waals surface area contributed by atoms with E-state index in [1.54, 1.807) is 56.3 Å². The molecule has 2 aliphatic rings. The third-order valence-electron chi connectivity index (χ3n) is 7.04. The molecule has 1 amide bonds. The molecule has 2 aliphatic heterocycles. The first-order valence-corrected chi connectivity index (χ1v) is 14.6. The van der Waals surface area contributed by atoms with Crippen LogP contribution in [0.25, 0.3) is 5.57 Å². The highest BCUT2D eigenvalue weighted by molar-refractivity contribution is 7.07. The fraction of sp³-hybridized carbons (Fsp3) is 0.323. The Morgan fingerprint density at radius 1 is 0.976 bits per heavy atom. The molecule has 2 aromatic carbocycles. The molecule has 0 bridgehead atoms. The number of aromatic nitrogens is 1. The number of allylic oxidation sites excluding steroid dienone is 1. The summed E-state index contributed by atoms with van der Waals surface area (Å²) >= 11 is 1.08. The van der Waals surface area contributed by atoms with Gasteiger partial charge in [0.25, 0.3) is 11.5 Å². The number of fused-ring (bicyclic) bond motifs is 2. The number of ether oxygens (including phenoxy) is 3. The van der Waals surface area contributed by atoms with Gasteiger partial charge in [-0.25, -0.2) is 9.79 Å². The smallest absolute Gasteiger partial charge is 0.338 e. The maximum Gasteiger partial charge on any atom is 0.338 e. The molecule has 0 saturated carbocycles. The number of esters is 2. The van der Waals surface area contributed by atoms with Crippen LogP contribution in [-0.4, -0.2) is 49.3 Å². The minimum atomic E-state index is -0.894. The number of carbonyl (C=O) groups is 3. The molecular formula is C31H31N3O7S. The molecule has 3 heterocycles. The number of hydrogen-bond donors (Lipinski definition) is 0. The van der Waals surface area contributed by atoms with Crippen LogP contribution < -0.4 is 24.5 Å². The fourth-order valence-corrected chi connectivity index (χ4v) is 6.46. The van der Waals surface area contributed by atoms with E-state index in [0.717, 1.165) is 11.3 Å². The molecule has 10 nitrogen and oxygen atoms in total. The van der Waals surface area contributed by atoms with Gasteiger partial charge in [0.2, 0.25) is 0 Å². The Hall–Kier alpha value is -4.51. The van der Waals surface area contributed by atoms with Crippen LogP contribution in [0.15, 0.2) is 69.6 Å². The van der Waals surface area contributed by atoms with Gasteiger partial charge in [-0.2, -0.15) is 0 Å². The molecule has 0 saturated heterocycles. The van der Waals surface area contributed by atoms with Gasteiger partial charge < -0.3 is 14.2 Å². The van der Waals surface area contributed by atoms with E-state index in [4.69, 9.17) is 19.2 Å². The van der Waals surface area contributed by atoms with Crippen LogP contribution in [0.4, 0.5) is 5.69 Å². The minimum absolute atomic E-state index is 0.149. The first kappa shape index (κ1) is 29.0. The van der Waals surface area contributed by atoms with Crippen molar-refractivity contribution < 1.29 is 28.6 Å². The lowest BCUT2D eigenvalue weighted by atomic mass is 9.93. The van der Waals surface area contributed by atoms with Gasteiger partial charge >= 0.3 is 11.9 Å². The Kier molecular flexibility index (Phi) is 8.39. The van der Waals surface area contributed by atoms with E-state index in [1.165, 1.54) is 16.6 Å². The van der Waals surface area contributed by atoms with Gasteiger partial charge in [-0.15, -0.1) is 0 Å². The molecule has 0 fully saturated rings. The maximum atomic E-state index is 14.4. The Labute approximate surface area is 246 Å².